The van der Waals surface area contributed by atoms with Crippen LogP contribution in [-0.4, -0.2) is 35.3 Å². The standard InChI is InChI=1S/C12H23N5O2/c1-9(7-18)4-3-5-14-10-6-11(17-13)16-12(15-10)8-19-2/h6,9,18H,3-5,7-8,13H2,1-2H3,(H2,14,15,16,17). The molecule has 7 nitrogen and oxygen atoms in total. The number of aliphatic hydroxyl groups is 1. The van der Waals surface area contributed by atoms with Crippen LogP contribution in [-0.2, 0) is 11.3 Å². The number of nitrogens with two attached hydrogens (primary N) is 1. The van der Waals surface area contributed by atoms with Gasteiger partial charge in [0, 0.05) is 26.3 Å². The molecular formula is C12H23N5O2. The van der Waals surface area contributed by atoms with Crippen LogP contribution >= 0.6 is 0 Å². The van der Waals surface area contributed by atoms with Gasteiger partial charge in [-0.05, 0) is 18.8 Å². The normalized spacial score (nSPS) is 12.2. The molecule has 108 valence electrons. The Labute approximate surface area is 113 Å². The third-order valence-corrected chi connectivity index (χ3v) is 2.69. The Bertz CT molecular complexity index is 375. The lowest BCUT2D eigenvalue weighted by molar-refractivity contribution is 0.178. The summed E-state index contributed by atoms with van der Waals surface area (Å²) in [6.07, 6.45) is 1.94. The number of nitrogen functional groups attached to an aromatic ring is 1. The maximum Gasteiger partial charge on any atom is 0.158 e. The molecule has 0 aliphatic carbocycles. The van der Waals surface area contributed by atoms with Crippen LogP contribution in [0.2, 0.25) is 0 Å². The molecule has 0 amide bonds. The second kappa shape index (κ2) is 8.63. The van der Waals surface area contributed by atoms with Crippen LogP contribution in [0, 0.1) is 5.92 Å². The van der Waals surface area contributed by atoms with Gasteiger partial charge in [-0.2, -0.15) is 0 Å². The average Bonchev–Trinajstić information content (AvgIpc) is 2.43. The Morgan fingerprint density at radius 1 is 1.42 bits per heavy atom. The highest BCUT2D eigenvalue weighted by Crippen LogP contribution is 2.12. The predicted octanol–water partition coefficient (Wildman–Crippen LogP) is 0.729. The first-order valence-electron chi connectivity index (χ1n) is 6.37. The van der Waals surface area contributed by atoms with Crippen molar-refractivity contribution >= 4 is 11.6 Å². The molecule has 0 fully saturated rings. The minimum atomic E-state index is 0.229. The van der Waals surface area contributed by atoms with Gasteiger partial charge in [-0.3, -0.25) is 0 Å². The number of ether oxygens (including phenoxy) is 1. The van der Waals surface area contributed by atoms with E-state index in [1.54, 1.807) is 13.2 Å². The summed E-state index contributed by atoms with van der Waals surface area (Å²) >= 11 is 0. The number of anilines is 2. The number of aromatic nitrogens is 2. The highest BCUT2D eigenvalue weighted by molar-refractivity contribution is 5.46. The first-order chi connectivity index (χ1) is 9.19. The molecule has 7 heteroatoms. The third kappa shape index (κ3) is 5.82. The molecule has 1 atom stereocenters. The highest BCUT2D eigenvalue weighted by Gasteiger charge is 2.04. The first kappa shape index (κ1) is 15.6. The number of nitrogens with one attached hydrogen (secondary N) is 2. The Kier molecular flexibility index (Phi) is 7.09. The van der Waals surface area contributed by atoms with E-state index in [1.807, 2.05) is 6.92 Å². The summed E-state index contributed by atoms with van der Waals surface area (Å²) in [5.41, 5.74) is 2.50. The third-order valence-electron chi connectivity index (χ3n) is 2.69. The van der Waals surface area contributed by atoms with E-state index in [0.717, 1.165) is 19.4 Å². The molecule has 1 rings (SSSR count). The van der Waals surface area contributed by atoms with Crippen LogP contribution in [0.1, 0.15) is 25.6 Å². The predicted molar refractivity (Wildman–Crippen MR) is 74.5 cm³/mol. The van der Waals surface area contributed by atoms with Gasteiger partial charge >= 0.3 is 0 Å². The summed E-state index contributed by atoms with van der Waals surface area (Å²) in [7, 11) is 1.59. The van der Waals surface area contributed by atoms with E-state index in [0.29, 0.717) is 30.0 Å². The minimum absolute atomic E-state index is 0.229. The Morgan fingerprint density at radius 2 is 2.16 bits per heavy atom. The van der Waals surface area contributed by atoms with Gasteiger partial charge in [0.1, 0.15) is 18.2 Å². The zero-order valence-corrected chi connectivity index (χ0v) is 11.5. The maximum atomic E-state index is 8.94. The molecule has 19 heavy (non-hydrogen) atoms. The second-order valence-electron chi connectivity index (χ2n) is 4.49. The average molecular weight is 269 g/mol. The second-order valence-corrected chi connectivity index (χ2v) is 4.49. The van der Waals surface area contributed by atoms with Crippen molar-refractivity contribution in [1.29, 1.82) is 0 Å². The van der Waals surface area contributed by atoms with Gasteiger partial charge in [0.05, 0.1) is 0 Å². The summed E-state index contributed by atoms with van der Waals surface area (Å²) in [5, 5.41) is 12.2. The molecule has 0 saturated carbocycles. The van der Waals surface area contributed by atoms with E-state index in [2.05, 4.69) is 20.7 Å². The molecule has 1 unspecified atom stereocenters. The van der Waals surface area contributed by atoms with Crippen LogP contribution < -0.4 is 16.6 Å². The number of rotatable bonds is 9. The molecule has 0 aliphatic rings. The fourth-order valence-electron chi connectivity index (χ4n) is 1.61. The zero-order chi connectivity index (χ0) is 14.1. The Hall–Kier alpha value is -1.44. The number of methoxy groups -OCH3 is 1. The van der Waals surface area contributed by atoms with Gasteiger partial charge < -0.3 is 20.6 Å². The smallest absolute Gasteiger partial charge is 0.158 e. The lowest BCUT2D eigenvalue weighted by atomic mass is 10.1. The summed E-state index contributed by atoms with van der Waals surface area (Å²) in [5.74, 6) is 7.53. The Balaban J connectivity index is 2.49. The van der Waals surface area contributed by atoms with Gasteiger partial charge in [0.25, 0.3) is 0 Å². The van der Waals surface area contributed by atoms with Gasteiger partial charge in [0.15, 0.2) is 5.82 Å². The van der Waals surface area contributed by atoms with Crippen molar-refractivity contribution in [2.75, 3.05) is 31.0 Å². The van der Waals surface area contributed by atoms with Crippen molar-refractivity contribution in [3.8, 4) is 0 Å². The molecule has 1 aromatic rings. The number of hydrogen-bond donors (Lipinski definition) is 4. The van der Waals surface area contributed by atoms with Crippen LogP contribution in [0.3, 0.4) is 0 Å². The van der Waals surface area contributed by atoms with Crippen molar-refractivity contribution in [3.63, 3.8) is 0 Å². The molecular weight excluding hydrogens is 246 g/mol. The van der Waals surface area contributed by atoms with Gasteiger partial charge in [-0.1, -0.05) is 6.92 Å². The minimum Gasteiger partial charge on any atom is -0.396 e. The summed E-state index contributed by atoms with van der Waals surface area (Å²) in [4.78, 5) is 8.48. The van der Waals surface area contributed by atoms with E-state index in [-0.39, 0.29) is 6.61 Å². The molecule has 0 spiro atoms. The lowest BCUT2D eigenvalue weighted by Gasteiger charge is -2.11. The van der Waals surface area contributed by atoms with E-state index in [4.69, 9.17) is 15.7 Å². The number of aliphatic hydroxyl groups excluding tert-OH is 1. The van der Waals surface area contributed by atoms with E-state index < -0.39 is 0 Å². The molecule has 5 N–H and O–H groups in total. The van der Waals surface area contributed by atoms with Crippen molar-refractivity contribution in [2.45, 2.75) is 26.4 Å². The van der Waals surface area contributed by atoms with E-state index in [1.165, 1.54) is 0 Å². The Morgan fingerprint density at radius 3 is 2.79 bits per heavy atom. The molecule has 0 saturated heterocycles. The number of nitrogens with zero attached hydrogens (tertiary/aromatic N) is 2. The van der Waals surface area contributed by atoms with Crippen molar-refractivity contribution in [3.05, 3.63) is 11.9 Å². The fourth-order valence-corrected chi connectivity index (χ4v) is 1.61. The zero-order valence-electron chi connectivity index (χ0n) is 11.5. The van der Waals surface area contributed by atoms with E-state index in [9.17, 15) is 0 Å². The van der Waals surface area contributed by atoms with Gasteiger partial charge in [0.2, 0.25) is 0 Å². The molecule has 1 heterocycles. The van der Waals surface area contributed by atoms with Gasteiger partial charge in [-0.15, -0.1) is 0 Å². The van der Waals surface area contributed by atoms with Crippen LogP contribution in [0.4, 0.5) is 11.6 Å². The van der Waals surface area contributed by atoms with Crippen molar-refractivity contribution in [2.24, 2.45) is 11.8 Å². The van der Waals surface area contributed by atoms with Crippen molar-refractivity contribution in [1.82, 2.24) is 9.97 Å². The monoisotopic (exact) mass is 269 g/mol. The van der Waals surface area contributed by atoms with Crippen molar-refractivity contribution < 1.29 is 9.84 Å². The van der Waals surface area contributed by atoms with E-state index >= 15 is 0 Å². The van der Waals surface area contributed by atoms with Crippen LogP contribution in [0.25, 0.3) is 0 Å². The summed E-state index contributed by atoms with van der Waals surface area (Å²) in [6.45, 7) is 3.38. The molecule has 1 aromatic heterocycles. The highest BCUT2D eigenvalue weighted by atomic mass is 16.5. The number of hydrogen-bond acceptors (Lipinski definition) is 7. The lowest BCUT2D eigenvalue weighted by Crippen LogP contribution is -2.13. The number of hydrazine groups is 1. The molecule has 0 aliphatic heterocycles. The van der Waals surface area contributed by atoms with Crippen LogP contribution in [0.5, 0.6) is 0 Å². The SMILES string of the molecule is COCc1nc(NN)cc(NCCCC(C)CO)n1. The fraction of sp³-hybridized carbons (Fsp3) is 0.667. The molecule has 0 aromatic carbocycles. The van der Waals surface area contributed by atoms with Gasteiger partial charge in [-0.25, -0.2) is 15.8 Å². The van der Waals surface area contributed by atoms with Crippen LogP contribution in [0.15, 0.2) is 6.07 Å². The molecule has 0 radical (unpaired) electrons. The largest absolute Gasteiger partial charge is 0.396 e. The summed E-state index contributed by atoms with van der Waals surface area (Å²) in [6, 6.07) is 1.74. The topological polar surface area (TPSA) is 105 Å². The summed E-state index contributed by atoms with van der Waals surface area (Å²) < 4.78 is 5.00. The quantitative estimate of drug-likeness (QED) is 0.297. The maximum absolute atomic E-state index is 8.94. The first-order valence-corrected chi connectivity index (χ1v) is 6.37. The molecule has 0 bridgehead atoms.